The fourth-order valence-electron chi connectivity index (χ4n) is 2.48. The Morgan fingerprint density at radius 3 is 2.80 bits per heavy atom. The number of hydrogen-bond acceptors (Lipinski definition) is 3. The van der Waals surface area contributed by atoms with Crippen LogP contribution < -0.4 is 4.90 Å². The highest BCUT2D eigenvalue weighted by Crippen LogP contribution is 2.29. The van der Waals surface area contributed by atoms with Crippen molar-refractivity contribution in [3.8, 4) is 5.69 Å². The standard InChI is InChI=1S/C18H15BrClN3OS/c1-22(16-7-6-13(19)11-15(16)20)17(24)12-4-3-5-14(10-12)23-9-8-21-18(23)25-2/h3-11H,1-2H3. The van der Waals surface area contributed by atoms with Crippen LogP contribution in [0.5, 0.6) is 0 Å². The van der Waals surface area contributed by atoms with E-state index in [-0.39, 0.29) is 5.91 Å². The minimum atomic E-state index is -0.128. The van der Waals surface area contributed by atoms with Gasteiger partial charge in [-0.05, 0) is 42.7 Å². The summed E-state index contributed by atoms with van der Waals surface area (Å²) in [6, 6.07) is 12.9. The number of carbonyl (C=O) groups excluding carboxylic acids is 1. The number of aromatic nitrogens is 2. The maximum Gasteiger partial charge on any atom is 0.258 e. The number of halogens is 2. The van der Waals surface area contributed by atoms with E-state index in [0.29, 0.717) is 16.3 Å². The van der Waals surface area contributed by atoms with E-state index < -0.39 is 0 Å². The SMILES string of the molecule is CSc1nccn1-c1cccc(C(=O)N(C)c2ccc(Br)cc2Cl)c1. The third-order valence-electron chi connectivity index (χ3n) is 3.74. The summed E-state index contributed by atoms with van der Waals surface area (Å²) < 4.78 is 2.82. The molecule has 25 heavy (non-hydrogen) atoms. The van der Waals surface area contributed by atoms with Gasteiger partial charge in [-0.1, -0.05) is 45.4 Å². The van der Waals surface area contributed by atoms with Crippen molar-refractivity contribution in [3.05, 3.63) is 69.9 Å². The Kier molecular flexibility index (Phi) is 5.51. The molecule has 0 saturated heterocycles. The van der Waals surface area contributed by atoms with Crippen LogP contribution in [0.15, 0.2) is 64.5 Å². The Morgan fingerprint density at radius 1 is 1.28 bits per heavy atom. The van der Waals surface area contributed by atoms with E-state index in [1.54, 1.807) is 42.0 Å². The minimum Gasteiger partial charge on any atom is -0.310 e. The number of amides is 1. The number of rotatable bonds is 4. The number of hydrogen-bond donors (Lipinski definition) is 0. The molecule has 2 aromatic carbocycles. The van der Waals surface area contributed by atoms with Gasteiger partial charge < -0.3 is 4.90 Å². The molecular weight excluding hydrogens is 422 g/mol. The van der Waals surface area contributed by atoms with Crippen molar-refractivity contribution in [1.82, 2.24) is 9.55 Å². The fraction of sp³-hybridized carbons (Fsp3) is 0.111. The first-order chi connectivity index (χ1) is 12.0. The molecule has 3 rings (SSSR count). The molecule has 0 N–H and O–H groups in total. The topological polar surface area (TPSA) is 38.1 Å². The van der Waals surface area contributed by atoms with E-state index in [0.717, 1.165) is 15.3 Å². The lowest BCUT2D eigenvalue weighted by Gasteiger charge is -2.19. The molecule has 4 nitrogen and oxygen atoms in total. The Labute approximate surface area is 163 Å². The first-order valence-electron chi connectivity index (χ1n) is 7.42. The number of thioether (sulfide) groups is 1. The van der Waals surface area contributed by atoms with Crippen LogP contribution in [0.4, 0.5) is 5.69 Å². The van der Waals surface area contributed by atoms with Crippen molar-refractivity contribution < 1.29 is 4.79 Å². The molecule has 128 valence electrons. The number of carbonyl (C=O) groups is 1. The van der Waals surface area contributed by atoms with Gasteiger partial charge in [0.15, 0.2) is 5.16 Å². The summed E-state index contributed by atoms with van der Waals surface area (Å²) in [5, 5.41) is 1.38. The van der Waals surface area contributed by atoms with Gasteiger partial charge in [0.05, 0.1) is 10.7 Å². The van der Waals surface area contributed by atoms with Gasteiger partial charge in [0.25, 0.3) is 5.91 Å². The van der Waals surface area contributed by atoms with Crippen LogP contribution >= 0.6 is 39.3 Å². The summed E-state index contributed by atoms with van der Waals surface area (Å²) in [6.45, 7) is 0. The molecule has 0 spiro atoms. The summed E-state index contributed by atoms with van der Waals surface area (Å²) in [4.78, 5) is 18.7. The summed E-state index contributed by atoms with van der Waals surface area (Å²) in [7, 11) is 1.72. The number of imidazole rings is 1. The van der Waals surface area contributed by atoms with Crippen LogP contribution in [0.1, 0.15) is 10.4 Å². The summed E-state index contributed by atoms with van der Waals surface area (Å²) >= 11 is 11.2. The first-order valence-corrected chi connectivity index (χ1v) is 9.81. The highest BCUT2D eigenvalue weighted by molar-refractivity contribution is 9.10. The largest absolute Gasteiger partial charge is 0.310 e. The van der Waals surface area contributed by atoms with Gasteiger partial charge in [-0.25, -0.2) is 4.98 Å². The van der Waals surface area contributed by atoms with Gasteiger partial charge in [0.1, 0.15) is 0 Å². The van der Waals surface area contributed by atoms with E-state index in [2.05, 4.69) is 20.9 Å². The molecule has 7 heteroatoms. The van der Waals surface area contributed by atoms with E-state index in [1.807, 2.05) is 47.4 Å². The molecule has 0 aliphatic rings. The lowest BCUT2D eigenvalue weighted by Crippen LogP contribution is -2.26. The smallest absolute Gasteiger partial charge is 0.258 e. The van der Waals surface area contributed by atoms with E-state index in [4.69, 9.17) is 11.6 Å². The predicted octanol–water partition coefficient (Wildman–Crippen LogP) is 5.29. The maximum absolute atomic E-state index is 12.9. The van der Waals surface area contributed by atoms with Crippen molar-refractivity contribution in [3.63, 3.8) is 0 Å². The van der Waals surface area contributed by atoms with Crippen LogP contribution in [0.25, 0.3) is 5.69 Å². The van der Waals surface area contributed by atoms with Gasteiger partial charge in [-0.15, -0.1) is 0 Å². The second kappa shape index (κ2) is 7.64. The van der Waals surface area contributed by atoms with Crippen molar-refractivity contribution in [1.29, 1.82) is 0 Å². The molecule has 0 saturated carbocycles. The van der Waals surface area contributed by atoms with E-state index >= 15 is 0 Å². The minimum absolute atomic E-state index is 0.128. The molecule has 0 bridgehead atoms. The van der Waals surface area contributed by atoms with Crippen LogP contribution in [0.2, 0.25) is 5.02 Å². The molecule has 3 aromatic rings. The Bertz CT molecular complexity index is 928. The van der Waals surface area contributed by atoms with Crippen molar-refractivity contribution in [2.75, 3.05) is 18.2 Å². The maximum atomic E-state index is 12.9. The molecule has 0 aliphatic heterocycles. The molecule has 0 fully saturated rings. The monoisotopic (exact) mass is 435 g/mol. The Balaban J connectivity index is 1.94. The quantitative estimate of drug-likeness (QED) is 0.522. The molecule has 0 atom stereocenters. The molecule has 0 unspecified atom stereocenters. The Hall–Kier alpha value is -1.76. The van der Waals surface area contributed by atoms with Crippen LogP contribution in [-0.2, 0) is 0 Å². The first kappa shape index (κ1) is 18.0. The van der Waals surface area contributed by atoms with Gasteiger partial charge in [-0.2, -0.15) is 0 Å². The second-order valence-electron chi connectivity index (χ2n) is 5.29. The molecule has 1 aromatic heterocycles. The zero-order valence-corrected chi connectivity index (χ0v) is 16.8. The zero-order valence-electron chi connectivity index (χ0n) is 13.6. The number of benzene rings is 2. The molecule has 0 radical (unpaired) electrons. The summed E-state index contributed by atoms with van der Waals surface area (Å²) in [6.07, 6.45) is 5.59. The van der Waals surface area contributed by atoms with Crippen LogP contribution in [0.3, 0.4) is 0 Å². The van der Waals surface area contributed by atoms with E-state index in [1.165, 1.54) is 0 Å². The Morgan fingerprint density at radius 2 is 2.08 bits per heavy atom. The lowest BCUT2D eigenvalue weighted by atomic mass is 10.1. The molecule has 0 aliphatic carbocycles. The highest BCUT2D eigenvalue weighted by atomic mass is 79.9. The van der Waals surface area contributed by atoms with Crippen molar-refractivity contribution in [2.24, 2.45) is 0 Å². The summed E-state index contributed by atoms with van der Waals surface area (Å²) in [5.74, 6) is -0.128. The normalized spacial score (nSPS) is 10.7. The van der Waals surface area contributed by atoms with Gasteiger partial charge in [0.2, 0.25) is 0 Å². The van der Waals surface area contributed by atoms with Crippen LogP contribution in [0, 0.1) is 0 Å². The van der Waals surface area contributed by atoms with Gasteiger partial charge in [0, 0.05) is 35.2 Å². The highest BCUT2D eigenvalue weighted by Gasteiger charge is 2.17. The lowest BCUT2D eigenvalue weighted by molar-refractivity contribution is 0.0993. The molecule has 1 amide bonds. The summed E-state index contributed by atoms with van der Waals surface area (Å²) in [5.41, 5.74) is 2.13. The third kappa shape index (κ3) is 3.76. The number of nitrogens with zero attached hydrogens (tertiary/aromatic N) is 3. The molecule has 1 heterocycles. The zero-order chi connectivity index (χ0) is 18.0. The number of anilines is 1. The van der Waals surface area contributed by atoms with Crippen LogP contribution in [-0.4, -0.2) is 28.8 Å². The second-order valence-corrected chi connectivity index (χ2v) is 7.39. The van der Waals surface area contributed by atoms with Crippen molar-refractivity contribution >= 4 is 50.9 Å². The van der Waals surface area contributed by atoms with Crippen molar-refractivity contribution in [2.45, 2.75) is 5.16 Å². The fourth-order valence-corrected chi connectivity index (χ4v) is 3.81. The van der Waals surface area contributed by atoms with E-state index in [9.17, 15) is 4.79 Å². The average molecular weight is 437 g/mol. The molecular formula is C18H15BrClN3OS. The van der Waals surface area contributed by atoms with Gasteiger partial charge in [-0.3, -0.25) is 9.36 Å². The third-order valence-corrected chi connectivity index (χ3v) is 5.20. The predicted molar refractivity (Wildman–Crippen MR) is 107 cm³/mol. The van der Waals surface area contributed by atoms with Gasteiger partial charge >= 0.3 is 0 Å². The average Bonchev–Trinajstić information content (AvgIpc) is 3.09.